The van der Waals surface area contributed by atoms with Crippen molar-refractivity contribution in [3.63, 3.8) is 0 Å². The van der Waals surface area contributed by atoms with Crippen LogP contribution >= 0.6 is 0 Å². The van der Waals surface area contributed by atoms with Gasteiger partial charge in [0.1, 0.15) is 0 Å². The topological polar surface area (TPSA) is 76.5 Å². The fourth-order valence-electron chi connectivity index (χ4n) is 4.43. The quantitative estimate of drug-likeness (QED) is 0.523. The minimum Gasteiger partial charge on any atom is -0.393 e. The summed E-state index contributed by atoms with van der Waals surface area (Å²) in [4.78, 5) is 0. The Morgan fingerprint density at radius 1 is 0.667 bits per heavy atom. The summed E-state index contributed by atoms with van der Waals surface area (Å²) >= 11 is 0. The third-order valence-corrected chi connectivity index (χ3v) is 5.64. The minimum absolute atomic E-state index is 0.149. The van der Waals surface area contributed by atoms with Gasteiger partial charge in [-0.3, -0.25) is 16.0 Å². The molecule has 5 heteroatoms. The van der Waals surface area contributed by atoms with Gasteiger partial charge in [0.05, 0.1) is 30.7 Å². The van der Waals surface area contributed by atoms with Crippen LogP contribution in [0.3, 0.4) is 0 Å². The molecule has 0 aromatic heterocycles. The van der Waals surface area contributed by atoms with Gasteiger partial charge >= 0.3 is 0 Å². The molecule has 6 unspecified atom stereocenters. The van der Waals surface area contributed by atoms with Crippen LogP contribution in [-0.2, 0) is 0 Å². The summed E-state index contributed by atoms with van der Waals surface area (Å²) in [5, 5.41) is 31.3. The summed E-state index contributed by atoms with van der Waals surface area (Å²) in [6, 6.07) is 0. The van der Waals surface area contributed by atoms with E-state index in [0.717, 1.165) is 38.5 Å². The number of nitrogens with one attached hydrogen (secondary N) is 3. The Morgan fingerprint density at radius 2 is 1.10 bits per heavy atom. The maximum absolute atomic E-state index is 10.3. The standard InChI is InChI=1S/C16H31N3O2/c1-10-17-15(11-6-2-4-8-13(11)20)19-16(18-10)12-7-3-5-9-14(12)21/h10-21H,2-9H2,1H3. The third kappa shape index (κ3) is 3.59. The van der Waals surface area contributed by atoms with Gasteiger partial charge < -0.3 is 10.2 Å². The third-order valence-electron chi connectivity index (χ3n) is 5.64. The lowest BCUT2D eigenvalue weighted by molar-refractivity contribution is -0.0129. The summed E-state index contributed by atoms with van der Waals surface area (Å²) < 4.78 is 0. The van der Waals surface area contributed by atoms with Crippen LogP contribution in [0.1, 0.15) is 58.3 Å². The molecular weight excluding hydrogens is 266 g/mol. The van der Waals surface area contributed by atoms with Crippen LogP contribution in [-0.4, -0.2) is 40.9 Å². The second-order valence-electron chi connectivity index (χ2n) is 7.21. The van der Waals surface area contributed by atoms with Crippen molar-refractivity contribution in [3.8, 4) is 0 Å². The van der Waals surface area contributed by atoms with Crippen molar-refractivity contribution >= 4 is 0 Å². The Morgan fingerprint density at radius 3 is 1.52 bits per heavy atom. The van der Waals surface area contributed by atoms with Gasteiger partial charge in [0.15, 0.2) is 0 Å². The van der Waals surface area contributed by atoms with Gasteiger partial charge in [0.25, 0.3) is 0 Å². The number of hydrogen-bond donors (Lipinski definition) is 5. The molecule has 0 aromatic carbocycles. The Kier molecular flexibility index (Phi) is 5.17. The van der Waals surface area contributed by atoms with Crippen molar-refractivity contribution in [2.45, 2.75) is 89.0 Å². The highest BCUT2D eigenvalue weighted by Gasteiger charge is 2.39. The van der Waals surface area contributed by atoms with Gasteiger partial charge in [-0.15, -0.1) is 0 Å². The van der Waals surface area contributed by atoms with E-state index in [0.29, 0.717) is 0 Å². The van der Waals surface area contributed by atoms with Crippen molar-refractivity contribution in [1.29, 1.82) is 0 Å². The fourth-order valence-corrected chi connectivity index (χ4v) is 4.43. The Balaban J connectivity index is 1.66. The molecule has 5 N–H and O–H groups in total. The van der Waals surface area contributed by atoms with Crippen LogP contribution in [0.2, 0.25) is 0 Å². The first-order valence-corrected chi connectivity index (χ1v) is 8.79. The van der Waals surface area contributed by atoms with Gasteiger partial charge in [0, 0.05) is 11.8 Å². The molecule has 0 radical (unpaired) electrons. The molecule has 6 atom stereocenters. The van der Waals surface area contributed by atoms with Crippen LogP contribution in [0.15, 0.2) is 0 Å². The number of rotatable bonds is 2. The Bertz CT molecular complexity index is 311. The van der Waals surface area contributed by atoms with Gasteiger partial charge in [0.2, 0.25) is 0 Å². The number of aliphatic hydroxyl groups excluding tert-OH is 2. The van der Waals surface area contributed by atoms with E-state index < -0.39 is 0 Å². The lowest BCUT2D eigenvalue weighted by atomic mass is 9.81. The minimum atomic E-state index is -0.203. The van der Waals surface area contributed by atoms with Crippen molar-refractivity contribution < 1.29 is 10.2 Å². The molecule has 21 heavy (non-hydrogen) atoms. The summed E-state index contributed by atoms with van der Waals surface area (Å²) in [6.45, 7) is 2.13. The van der Waals surface area contributed by atoms with Gasteiger partial charge in [-0.1, -0.05) is 25.7 Å². The monoisotopic (exact) mass is 297 g/mol. The molecular formula is C16H31N3O2. The zero-order valence-corrected chi connectivity index (χ0v) is 13.1. The van der Waals surface area contributed by atoms with Gasteiger partial charge in [-0.25, -0.2) is 0 Å². The predicted octanol–water partition coefficient (Wildman–Crippen LogP) is 0.869. The normalized spacial score (nSPS) is 49.0. The van der Waals surface area contributed by atoms with E-state index in [4.69, 9.17) is 0 Å². The summed E-state index contributed by atoms with van der Waals surface area (Å²) in [5.74, 6) is 0.568. The van der Waals surface area contributed by atoms with Crippen LogP contribution in [0.4, 0.5) is 0 Å². The highest BCUT2D eigenvalue weighted by atomic mass is 16.3. The van der Waals surface area contributed by atoms with Gasteiger partial charge in [-0.2, -0.15) is 0 Å². The van der Waals surface area contributed by atoms with Crippen molar-refractivity contribution in [2.24, 2.45) is 11.8 Å². The van der Waals surface area contributed by atoms with Crippen LogP contribution < -0.4 is 16.0 Å². The zero-order chi connectivity index (χ0) is 14.8. The molecule has 2 saturated carbocycles. The summed E-state index contributed by atoms with van der Waals surface area (Å²) in [7, 11) is 0. The first-order valence-electron chi connectivity index (χ1n) is 8.79. The SMILES string of the molecule is CC1NC(C2CCCCC2O)NC(C2CCCCC2O)N1. The largest absolute Gasteiger partial charge is 0.393 e. The van der Waals surface area contributed by atoms with E-state index in [1.807, 2.05) is 0 Å². The van der Waals surface area contributed by atoms with E-state index in [-0.39, 0.29) is 42.5 Å². The molecule has 0 amide bonds. The summed E-state index contributed by atoms with van der Waals surface area (Å²) in [6.07, 6.45) is 8.81. The first kappa shape index (κ1) is 15.7. The van der Waals surface area contributed by atoms with Crippen molar-refractivity contribution in [1.82, 2.24) is 16.0 Å². The Hall–Kier alpha value is -0.200. The Labute approximate surface area is 127 Å². The average molecular weight is 297 g/mol. The molecule has 3 fully saturated rings. The van der Waals surface area contributed by atoms with Gasteiger partial charge in [-0.05, 0) is 32.6 Å². The second kappa shape index (κ2) is 6.92. The molecule has 1 saturated heterocycles. The second-order valence-corrected chi connectivity index (χ2v) is 7.21. The van der Waals surface area contributed by atoms with E-state index in [1.54, 1.807) is 0 Å². The molecule has 122 valence electrons. The number of aliphatic hydroxyl groups is 2. The molecule has 3 aliphatic rings. The predicted molar refractivity (Wildman–Crippen MR) is 82.4 cm³/mol. The van der Waals surface area contributed by atoms with Crippen molar-refractivity contribution in [3.05, 3.63) is 0 Å². The van der Waals surface area contributed by atoms with Crippen molar-refractivity contribution in [2.75, 3.05) is 0 Å². The van der Waals surface area contributed by atoms with Crippen LogP contribution in [0, 0.1) is 11.8 Å². The average Bonchev–Trinajstić information content (AvgIpc) is 2.47. The lowest BCUT2D eigenvalue weighted by Gasteiger charge is -2.47. The highest BCUT2D eigenvalue weighted by molar-refractivity contribution is 4.94. The van der Waals surface area contributed by atoms with E-state index >= 15 is 0 Å². The van der Waals surface area contributed by atoms with Crippen LogP contribution in [0.5, 0.6) is 0 Å². The van der Waals surface area contributed by atoms with E-state index in [2.05, 4.69) is 22.9 Å². The molecule has 5 nitrogen and oxygen atoms in total. The molecule has 0 bridgehead atoms. The number of hydrogen-bond acceptors (Lipinski definition) is 5. The highest BCUT2D eigenvalue weighted by Crippen LogP contribution is 2.30. The first-order chi connectivity index (χ1) is 10.1. The molecule has 1 heterocycles. The van der Waals surface area contributed by atoms with E-state index in [9.17, 15) is 10.2 Å². The maximum atomic E-state index is 10.3. The van der Waals surface area contributed by atoms with Crippen LogP contribution in [0.25, 0.3) is 0 Å². The zero-order valence-electron chi connectivity index (χ0n) is 13.1. The molecule has 2 aliphatic carbocycles. The van der Waals surface area contributed by atoms with E-state index in [1.165, 1.54) is 12.8 Å². The molecule has 0 spiro atoms. The molecule has 0 aromatic rings. The molecule has 1 aliphatic heterocycles. The molecule has 3 rings (SSSR count). The fraction of sp³-hybridized carbons (Fsp3) is 1.00. The lowest BCUT2D eigenvalue weighted by Crippen LogP contribution is -2.72. The maximum Gasteiger partial charge on any atom is 0.0649 e. The summed E-state index contributed by atoms with van der Waals surface area (Å²) in [5.41, 5.74) is 0. The smallest absolute Gasteiger partial charge is 0.0649 e.